The molecular formula is C15H21ClN2O4. The molecule has 1 aromatic rings. The number of carbonyl (C=O) groups excluding carboxylic acids is 1. The van der Waals surface area contributed by atoms with E-state index in [2.05, 4.69) is 10.3 Å². The van der Waals surface area contributed by atoms with Crippen molar-refractivity contribution in [2.45, 2.75) is 39.7 Å². The van der Waals surface area contributed by atoms with Crippen molar-refractivity contribution in [3.63, 3.8) is 0 Å². The third-order valence-electron chi connectivity index (χ3n) is 3.19. The second-order valence-corrected chi connectivity index (χ2v) is 6.07. The summed E-state index contributed by atoms with van der Waals surface area (Å²) >= 11 is 6.04. The van der Waals surface area contributed by atoms with E-state index >= 15 is 0 Å². The van der Waals surface area contributed by atoms with Gasteiger partial charge in [-0.05, 0) is 25.3 Å². The molecule has 0 spiro atoms. The first-order valence-electron chi connectivity index (χ1n) is 7.04. The van der Waals surface area contributed by atoms with E-state index in [1.165, 1.54) is 19.2 Å². The van der Waals surface area contributed by atoms with Crippen LogP contribution in [0.1, 0.15) is 44.5 Å². The zero-order chi connectivity index (χ0) is 16.9. The van der Waals surface area contributed by atoms with Crippen LogP contribution in [0, 0.1) is 5.92 Å². The molecule has 1 unspecified atom stereocenters. The number of nitrogens with one attached hydrogen (secondary N) is 1. The number of aliphatic carboxylic acids is 1. The zero-order valence-electron chi connectivity index (χ0n) is 13.1. The first-order chi connectivity index (χ1) is 10.2. The van der Waals surface area contributed by atoms with Crippen molar-refractivity contribution >= 4 is 23.5 Å². The molecule has 0 aliphatic heterocycles. The van der Waals surface area contributed by atoms with Crippen LogP contribution in [-0.2, 0) is 4.79 Å². The van der Waals surface area contributed by atoms with Crippen molar-refractivity contribution in [2.75, 3.05) is 6.61 Å². The third-order valence-corrected chi connectivity index (χ3v) is 3.46. The summed E-state index contributed by atoms with van der Waals surface area (Å²) in [6.45, 7) is 7.58. The zero-order valence-corrected chi connectivity index (χ0v) is 13.9. The normalized spacial score (nSPS) is 13.5. The molecule has 0 fully saturated rings. The molecule has 1 heterocycles. The maximum atomic E-state index is 12.1. The van der Waals surface area contributed by atoms with E-state index in [0.29, 0.717) is 12.5 Å². The summed E-state index contributed by atoms with van der Waals surface area (Å²) in [4.78, 5) is 27.4. The predicted octanol–water partition coefficient (Wildman–Crippen LogP) is 2.75. The molecule has 22 heavy (non-hydrogen) atoms. The quantitative estimate of drug-likeness (QED) is 0.803. The molecule has 122 valence electrons. The Morgan fingerprint density at radius 3 is 2.59 bits per heavy atom. The molecule has 0 saturated carbocycles. The highest BCUT2D eigenvalue weighted by Crippen LogP contribution is 2.23. The second-order valence-electron chi connectivity index (χ2n) is 5.66. The Balaban J connectivity index is 2.87. The van der Waals surface area contributed by atoms with Crippen LogP contribution in [0.15, 0.2) is 12.3 Å². The Bertz CT molecular complexity index is 562. The summed E-state index contributed by atoms with van der Waals surface area (Å²) in [5.41, 5.74) is -1.15. The van der Waals surface area contributed by atoms with Gasteiger partial charge < -0.3 is 15.2 Å². The van der Waals surface area contributed by atoms with Crippen LogP contribution in [0.4, 0.5) is 0 Å². The first kappa shape index (κ1) is 18.2. The van der Waals surface area contributed by atoms with Crippen molar-refractivity contribution in [2.24, 2.45) is 5.92 Å². The average Bonchev–Trinajstić information content (AvgIpc) is 2.45. The van der Waals surface area contributed by atoms with Gasteiger partial charge in [-0.15, -0.1) is 0 Å². The van der Waals surface area contributed by atoms with Gasteiger partial charge in [0, 0.05) is 6.20 Å². The van der Waals surface area contributed by atoms with Crippen LogP contribution < -0.4 is 10.1 Å². The van der Waals surface area contributed by atoms with E-state index in [1.54, 1.807) is 6.92 Å². The molecule has 0 radical (unpaired) electrons. The van der Waals surface area contributed by atoms with Gasteiger partial charge in [0.2, 0.25) is 5.88 Å². The van der Waals surface area contributed by atoms with Gasteiger partial charge in [-0.3, -0.25) is 4.79 Å². The van der Waals surface area contributed by atoms with E-state index in [1.807, 2.05) is 13.8 Å². The highest BCUT2D eigenvalue weighted by molar-refractivity contribution is 6.32. The number of amides is 1. The number of rotatable bonds is 7. The van der Waals surface area contributed by atoms with Gasteiger partial charge in [-0.25, -0.2) is 9.78 Å². The van der Waals surface area contributed by atoms with Gasteiger partial charge in [-0.2, -0.15) is 0 Å². The number of pyridine rings is 1. The highest BCUT2D eigenvalue weighted by Gasteiger charge is 2.33. The van der Waals surface area contributed by atoms with E-state index in [-0.39, 0.29) is 22.9 Å². The van der Waals surface area contributed by atoms with Crippen LogP contribution in [0.5, 0.6) is 5.88 Å². The molecule has 6 nitrogen and oxygen atoms in total. The fourth-order valence-electron chi connectivity index (χ4n) is 1.52. The summed E-state index contributed by atoms with van der Waals surface area (Å²) in [6.07, 6.45) is 1.57. The lowest BCUT2D eigenvalue weighted by Crippen LogP contribution is -2.51. The maximum absolute atomic E-state index is 12.1. The molecule has 7 heteroatoms. The molecule has 2 N–H and O–H groups in total. The molecule has 1 atom stereocenters. The van der Waals surface area contributed by atoms with Gasteiger partial charge in [0.1, 0.15) is 10.6 Å². The standard InChI is InChI=1S/C15H21ClN2O4/c1-5-15(4,14(20)21)18-12(19)10-6-11(16)13(17-7-10)22-8-9(2)3/h6-7,9H,5,8H2,1-4H3,(H,18,19)(H,20,21). The van der Waals surface area contributed by atoms with Crippen molar-refractivity contribution < 1.29 is 19.4 Å². The SMILES string of the molecule is CCC(C)(NC(=O)c1cnc(OCC(C)C)c(Cl)c1)C(=O)O. The number of aromatic nitrogens is 1. The fourth-order valence-corrected chi connectivity index (χ4v) is 1.74. The minimum atomic E-state index is -1.34. The van der Waals surface area contributed by atoms with E-state index in [0.717, 1.165) is 0 Å². The molecule has 1 aromatic heterocycles. The first-order valence-corrected chi connectivity index (χ1v) is 7.41. The van der Waals surface area contributed by atoms with Gasteiger partial charge >= 0.3 is 5.97 Å². The van der Waals surface area contributed by atoms with E-state index in [4.69, 9.17) is 16.3 Å². The Morgan fingerprint density at radius 2 is 2.14 bits per heavy atom. The van der Waals surface area contributed by atoms with Crippen molar-refractivity contribution in [1.29, 1.82) is 0 Å². The van der Waals surface area contributed by atoms with Crippen molar-refractivity contribution in [1.82, 2.24) is 10.3 Å². The van der Waals surface area contributed by atoms with Crippen LogP contribution >= 0.6 is 11.6 Å². The number of halogens is 1. The molecule has 1 amide bonds. The van der Waals surface area contributed by atoms with Crippen molar-refractivity contribution in [3.05, 3.63) is 22.8 Å². The summed E-state index contributed by atoms with van der Waals surface area (Å²) in [5.74, 6) is -1.07. The van der Waals surface area contributed by atoms with E-state index < -0.39 is 17.4 Å². The van der Waals surface area contributed by atoms with Crippen molar-refractivity contribution in [3.8, 4) is 5.88 Å². The largest absolute Gasteiger partial charge is 0.480 e. The van der Waals surface area contributed by atoms with Crippen LogP contribution in [0.2, 0.25) is 5.02 Å². The van der Waals surface area contributed by atoms with Gasteiger partial charge in [0.15, 0.2) is 0 Å². The monoisotopic (exact) mass is 328 g/mol. The number of hydrogen-bond donors (Lipinski definition) is 2. The Kier molecular flexibility index (Phi) is 6.17. The van der Waals surface area contributed by atoms with Crippen LogP contribution in [-0.4, -0.2) is 34.1 Å². The van der Waals surface area contributed by atoms with E-state index in [9.17, 15) is 14.7 Å². The minimum Gasteiger partial charge on any atom is -0.480 e. The number of hydrogen-bond acceptors (Lipinski definition) is 4. The maximum Gasteiger partial charge on any atom is 0.329 e. The minimum absolute atomic E-state index is 0.183. The van der Waals surface area contributed by atoms with Gasteiger partial charge in [-0.1, -0.05) is 32.4 Å². The molecule has 0 bridgehead atoms. The summed E-state index contributed by atoms with van der Waals surface area (Å²) in [5, 5.41) is 11.9. The Morgan fingerprint density at radius 1 is 1.50 bits per heavy atom. The van der Waals surface area contributed by atoms with Gasteiger partial charge in [0.05, 0.1) is 12.2 Å². The second kappa shape index (κ2) is 7.45. The number of carboxylic acids is 1. The lowest BCUT2D eigenvalue weighted by Gasteiger charge is -2.24. The fraction of sp³-hybridized carbons (Fsp3) is 0.533. The number of carbonyl (C=O) groups is 2. The molecule has 0 saturated heterocycles. The summed E-state index contributed by atoms with van der Waals surface area (Å²) in [7, 11) is 0. The molecule has 0 aromatic carbocycles. The predicted molar refractivity (Wildman–Crippen MR) is 83.4 cm³/mol. The highest BCUT2D eigenvalue weighted by atomic mass is 35.5. The number of nitrogens with zero attached hydrogens (tertiary/aromatic N) is 1. The number of carboxylic acid groups (broad SMARTS) is 1. The molecular weight excluding hydrogens is 308 g/mol. The lowest BCUT2D eigenvalue weighted by molar-refractivity contribution is -0.143. The smallest absolute Gasteiger partial charge is 0.329 e. The van der Waals surface area contributed by atoms with Crippen LogP contribution in [0.25, 0.3) is 0 Å². The average molecular weight is 329 g/mol. The molecule has 0 aliphatic carbocycles. The molecule has 0 aliphatic rings. The summed E-state index contributed by atoms with van der Waals surface area (Å²) in [6, 6.07) is 1.41. The lowest BCUT2D eigenvalue weighted by atomic mass is 9.99. The molecule has 1 rings (SSSR count). The Hall–Kier alpha value is -1.82. The van der Waals surface area contributed by atoms with Gasteiger partial charge in [0.25, 0.3) is 5.91 Å². The number of ether oxygens (including phenoxy) is 1. The summed E-state index contributed by atoms with van der Waals surface area (Å²) < 4.78 is 5.42. The third kappa shape index (κ3) is 4.59. The topological polar surface area (TPSA) is 88.5 Å². The Labute approximate surface area is 134 Å². The van der Waals surface area contributed by atoms with Crippen LogP contribution in [0.3, 0.4) is 0 Å².